The van der Waals surface area contributed by atoms with Crippen molar-refractivity contribution in [1.29, 1.82) is 0 Å². The Balaban J connectivity index is 1.86. The Morgan fingerprint density at radius 1 is 1.16 bits per heavy atom. The van der Waals surface area contributed by atoms with Gasteiger partial charge in [0.2, 0.25) is 0 Å². The minimum absolute atomic E-state index is 0.0120. The zero-order valence-corrected chi connectivity index (χ0v) is 13.8. The highest BCUT2D eigenvalue weighted by molar-refractivity contribution is 6.34. The highest BCUT2D eigenvalue weighted by atomic mass is 35.5. The molecule has 0 fully saturated rings. The van der Waals surface area contributed by atoms with E-state index in [9.17, 15) is 18.3 Å². The smallest absolute Gasteiger partial charge is 0.387 e. The third-order valence-electron chi connectivity index (χ3n) is 3.29. The quantitative estimate of drug-likeness (QED) is 0.710. The fraction of sp³-hybridized carbons (Fsp3) is 0.214. The van der Waals surface area contributed by atoms with Crippen LogP contribution in [0.2, 0.25) is 10.0 Å². The van der Waals surface area contributed by atoms with Crippen LogP contribution in [0.15, 0.2) is 30.6 Å². The van der Waals surface area contributed by atoms with Gasteiger partial charge in [-0.2, -0.15) is 27.8 Å². The normalized spacial score (nSPS) is 13.2. The molecule has 25 heavy (non-hydrogen) atoms. The second kappa shape index (κ2) is 6.66. The average molecular weight is 392 g/mol. The van der Waals surface area contributed by atoms with Gasteiger partial charge in [-0.1, -0.05) is 23.2 Å². The minimum Gasteiger partial charge on any atom is -0.387 e. The van der Waals surface area contributed by atoms with Crippen molar-refractivity contribution >= 4 is 34.8 Å². The molecule has 6 nitrogen and oxygen atoms in total. The van der Waals surface area contributed by atoms with Crippen molar-refractivity contribution < 1.29 is 18.3 Å². The van der Waals surface area contributed by atoms with Crippen LogP contribution in [-0.2, 0) is 6.18 Å². The van der Waals surface area contributed by atoms with Gasteiger partial charge in [-0.15, -0.1) is 0 Å². The SMILES string of the molecule is OC(CNc1cc(C(F)(F)F)nc2ncnn12)c1cc(Cl)cc(Cl)c1. The van der Waals surface area contributed by atoms with Gasteiger partial charge >= 0.3 is 6.18 Å². The molecule has 1 atom stereocenters. The number of aromatic nitrogens is 4. The van der Waals surface area contributed by atoms with E-state index in [-0.39, 0.29) is 18.1 Å². The first-order valence-electron chi connectivity index (χ1n) is 6.90. The number of nitrogens with one attached hydrogen (secondary N) is 1. The van der Waals surface area contributed by atoms with E-state index in [2.05, 4.69) is 20.4 Å². The van der Waals surface area contributed by atoms with Crippen molar-refractivity contribution in [2.45, 2.75) is 12.3 Å². The number of hydrogen-bond donors (Lipinski definition) is 2. The summed E-state index contributed by atoms with van der Waals surface area (Å²) in [5.74, 6) is -0.223. The summed E-state index contributed by atoms with van der Waals surface area (Å²) in [4.78, 5) is 7.07. The zero-order valence-electron chi connectivity index (χ0n) is 12.3. The van der Waals surface area contributed by atoms with Crippen molar-refractivity contribution in [1.82, 2.24) is 19.6 Å². The molecule has 0 saturated heterocycles. The van der Waals surface area contributed by atoms with Gasteiger partial charge in [0.1, 0.15) is 12.1 Å². The highest BCUT2D eigenvalue weighted by Crippen LogP contribution is 2.30. The summed E-state index contributed by atoms with van der Waals surface area (Å²) in [6.45, 7) is -0.104. The Bertz CT molecular complexity index is 895. The number of nitrogens with zero attached hydrogens (tertiary/aromatic N) is 4. The second-order valence-electron chi connectivity index (χ2n) is 5.10. The minimum atomic E-state index is -4.64. The van der Waals surface area contributed by atoms with Crippen molar-refractivity contribution in [3.05, 3.63) is 51.9 Å². The lowest BCUT2D eigenvalue weighted by molar-refractivity contribution is -0.141. The Kier molecular flexibility index (Phi) is 4.72. The van der Waals surface area contributed by atoms with Gasteiger partial charge in [0.25, 0.3) is 5.78 Å². The number of anilines is 1. The fourth-order valence-corrected chi connectivity index (χ4v) is 2.71. The lowest BCUT2D eigenvalue weighted by Gasteiger charge is -2.15. The first kappa shape index (κ1) is 17.7. The predicted octanol–water partition coefficient (Wildman–Crippen LogP) is 3.60. The van der Waals surface area contributed by atoms with Crippen LogP contribution in [0.4, 0.5) is 19.0 Å². The molecule has 1 unspecified atom stereocenters. The van der Waals surface area contributed by atoms with Crippen LogP contribution in [0, 0.1) is 0 Å². The maximum Gasteiger partial charge on any atom is 0.433 e. The number of hydrogen-bond acceptors (Lipinski definition) is 5. The van der Waals surface area contributed by atoms with Crippen LogP contribution in [0.1, 0.15) is 17.4 Å². The molecule has 0 radical (unpaired) electrons. The van der Waals surface area contributed by atoms with Gasteiger partial charge in [0, 0.05) is 22.7 Å². The van der Waals surface area contributed by atoms with Crippen LogP contribution >= 0.6 is 23.2 Å². The number of alkyl halides is 3. The fourth-order valence-electron chi connectivity index (χ4n) is 2.17. The average Bonchev–Trinajstić information content (AvgIpc) is 2.99. The van der Waals surface area contributed by atoms with Gasteiger partial charge in [-0.3, -0.25) is 0 Å². The van der Waals surface area contributed by atoms with Crippen molar-refractivity contribution in [3.8, 4) is 0 Å². The number of halogens is 5. The van der Waals surface area contributed by atoms with Gasteiger partial charge in [-0.05, 0) is 23.8 Å². The monoisotopic (exact) mass is 391 g/mol. The maximum absolute atomic E-state index is 12.9. The number of aliphatic hydroxyl groups excluding tert-OH is 1. The standard InChI is InChI=1S/C14H10Cl2F3N5O/c15-8-1-7(2-9(16)3-8)10(25)5-20-12-4-11(14(17,18)19)23-13-21-6-22-24(12)13/h1-4,6,10,20,25H,5H2. The summed E-state index contributed by atoms with van der Waals surface area (Å²) >= 11 is 11.7. The molecule has 2 aromatic heterocycles. The first-order chi connectivity index (χ1) is 11.7. The van der Waals surface area contributed by atoms with Gasteiger partial charge in [0.05, 0.1) is 6.10 Å². The topological polar surface area (TPSA) is 75.3 Å². The van der Waals surface area contributed by atoms with Crippen LogP contribution in [0.3, 0.4) is 0 Å². The molecule has 132 valence electrons. The third-order valence-corrected chi connectivity index (χ3v) is 3.72. The Morgan fingerprint density at radius 3 is 2.48 bits per heavy atom. The largest absolute Gasteiger partial charge is 0.433 e. The molecule has 0 amide bonds. The molecule has 3 aromatic rings. The Labute approximate surface area is 149 Å². The predicted molar refractivity (Wildman–Crippen MR) is 85.7 cm³/mol. The summed E-state index contributed by atoms with van der Waals surface area (Å²) in [7, 11) is 0. The van der Waals surface area contributed by atoms with Gasteiger partial charge < -0.3 is 10.4 Å². The van der Waals surface area contributed by atoms with Crippen LogP contribution in [-0.4, -0.2) is 31.2 Å². The van der Waals surface area contributed by atoms with E-state index in [0.717, 1.165) is 16.9 Å². The maximum atomic E-state index is 12.9. The van der Waals surface area contributed by atoms with Crippen LogP contribution in [0.25, 0.3) is 5.78 Å². The molecule has 2 N–H and O–H groups in total. The molecule has 0 bridgehead atoms. The van der Waals surface area contributed by atoms with E-state index < -0.39 is 18.0 Å². The van der Waals surface area contributed by atoms with Crippen molar-refractivity contribution in [3.63, 3.8) is 0 Å². The van der Waals surface area contributed by atoms with Crippen LogP contribution in [0.5, 0.6) is 0 Å². The zero-order chi connectivity index (χ0) is 18.2. The van der Waals surface area contributed by atoms with E-state index in [1.807, 2.05) is 0 Å². The van der Waals surface area contributed by atoms with Gasteiger partial charge in [-0.25, -0.2) is 4.98 Å². The van der Waals surface area contributed by atoms with Gasteiger partial charge in [0.15, 0.2) is 5.69 Å². The van der Waals surface area contributed by atoms with E-state index in [4.69, 9.17) is 23.2 Å². The number of benzene rings is 1. The van der Waals surface area contributed by atoms with E-state index >= 15 is 0 Å². The molecular weight excluding hydrogens is 382 g/mol. The summed E-state index contributed by atoms with van der Waals surface area (Å²) in [5.41, 5.74) is -0.694. The molecule has 0 aliphatic heterocycles. The summed E-state index contributed by atoms with van der Waals surface area (Å²) < 4.78 is 39.9. The molecule has 3 rings (SSSR count). The number of aliphatic hydroxyl groups is 1. The second-order valence-corrected chi connectivity index (χ2v) is 5.97. The molecular formula is C14H10Cl2F3N5O. The molecule has 0 aliphatic rings. The molecule has 2 heterocycles. The number of rotatable bonds is 4. The number of fused-ring (bicyclic) bond motifs is 1. The van der Waals surface area contributed by atoms with E-state index in [1.54, 1.807) is 0 Å². The van der Waals surface area contributed by atoms with Crippen LogP contribution < -0.4 is 5.32 Å². The summed E-state index contributed by atoms with van der Waals surface area (Å²) in [6.07, 6.45) is -4.61. The first-order valence-corrected chi connectivity index (χ1v) is 7.65. The summed E-state index contributed by atoms with van der Waals surface area (Å²) in [6, 6.07) is 5.32. The molecule has 0 aliphatic carbocycles. The molecule has 0 saturated carbocycles. The van der Waals surface area contributed by atoms with E-state index in [0.29, 0.717) is 15.6 Å². The third kappa shape index (κ3) is 3.94. The highest BCUT2D eigenvalue weighted by Gasteiger charge is 2.34. The lowest BCUT2D eigenvalue weighted by atomic mass is 10.1. The van der Waals surface area contributed by atoms with Crippen molar-refractivity contribution in [2.24, 2.45) is 0 Å². The van der Waals surface area contributed by atoms with Crippen molar-refractivity contribution in [2.75, 3.05) is 11.9 Å². The Hall–Kier alpha value is -2.10. The molecule has 0 spiro atoms. The molecule has 1 aromatic carbocycles. The lowest BCUT2D eigenvalue weighted by Crippen LogP contribution is -2.17. The Morgan fingerprint density at radius 2 is 1.84 bits per heavy atom. The molecule has 11 heteroatoms. The summed E-state index contributed by atoms with van der Waals surface area (Å²) in [5, 5.41) is 17.4. The van der Waals surface area contributed by atoms with E-state index in [1.165, 1.54) is 18.2 Å².